The molecule has 0 aliphatic carbocycles. The van der Waals surface area contributed by atoms with Crippen molar-refractivity contribution in [3.8, 4) is 0 Å². The van der Waals surface area contributed by atoms with E-state index in [4.69, 9.17) is 4.74 Å². The van der Waals surface area contributed by atoms with E-state index in [2.05, 4.69) is 5.10 Å². The zero-order valence-electron chi connectivity index (χ0n) is 8.55. The fraction of sp³-hybridized carbons (Fsp3) is 0.700. The van der Waals surface area contributed by atoms with Gasteiger partial charge in [-0.1, -0.05) is 0 Å². The summed E-state index contributed by atoms with van der Waals surface area (Å²) < 4.78 is 7.13. The Kier molecular flexibility index (Phi) is 2.56. The fourth-order valence-electron chi connectivity index (χ4n) is 1.90. The van der Waals surface area contributed by atoms with E-state index >= 15 is 0 Å². The number of hydrogen-bond donors (Lipinski definition) is 1. The van der Waals surface area contributed by atoms with Crippen LogP contribution in [0.5, 0.6) is 0 Å². The van der Waals surface area contributed by atoms with Gasteiger partial charge in [0.2, 0.25) is 0 Å². The molecule has 0 aromatic carbocycles. The predicted octanol–water partition coefficient (Wildman–Crippen LogP) is 0.878. The summed E-state index contributed by atoms with van der Waals surface area (Å²) in [4.78, 5) is 0. The zero-order chi connectivity index (χ0) is 10.1. The second-order valence-electron chi connectivity index (χ2n) is 4.00. The minimum atomic E-state index is -0.485. The van der Waals surface area contributed by atoms with Crippen molar-refractivity contribution in [2.75, 3.05) is 6.61 Å². The summed E-state index contributed by atoms with van der Waals surface area (Å²) in [5.74, 6) is 0.194. The van der Waals surface area contributed by atoms with Gasteiger partial charge in [-0.2, -0.15) is 5.10 Å². The molecule has 78 valence electrons. The number of aliphatic hydroxyl groups excluding tert-OH is 1. The van der Waals surface area contributed by atoms with Crippen molar-refractivity contribution in [1.82, 2.24) is 9.78 Å². The Bertz CT molecular complexity index is 311. The molecule has 0 bridgehead atoms. The third kappa shape index (κ3) is 1.81. The summed E-state index contributed by atoms with van der Waals surface area (Å²) in [6.45, 7) is 2.67. The normalized spacial score (nSPS) is 29.4. The predicted molar refractivity (Wildman–Crippen MR) is 51.7 cm³/mol. The Morgan fingerprint density at radius 2 is 2.50 bits per heavy atom. The average Bonchev–Trinajstić information content (AvgIpc) is 2.73. The molecule has 14 heavy (non-hydrogen) atoms. The first-order valence-corrected chi connectivity index (χ1v) is 4.96. The lowest BCUT2D eigenvalue weighted by atomic mass is 9.97. The highest BCUT2D eigenvalue weighted by Gasteiger charge is 2.30. The van der Waals surface area contributed by atoms with Crippen LogP contribution in [0, 0.1) is 5.92 Å². The van der Waals surface area contributed by atoms with E-state index in [1.54, 1.807) is 4.68 Å². The van der Waals surface area contributed by atoms with Crippen LogP contribution in [0.3, 0.4) is 0 Å². The van der Waals surface area contributed by atoms with E-state index in [1.807, 2.05) is 26.2 Å². The van der Waals surface area contributed by atoms with Crippen LogP contribution < -0.4 is 0 Å². The first-order valence-electron chi connectivity index (χ1n) is 4.96. The summed E-state index contributed by atoms with van der Waals surface area (Å²) in [7, 11) is 1.85. The number of aryl methyl sites for hydroxylation is 1. The minimum absolute atomic E-state index is 0.194. The third-order valence-electron chi connectivity index (χ3n) is 2.71. The zero-order valence-corrected chi connectivity index (χ0v) is 8.55. The van der Waals surface area contributed by atoms with Gasteiger partial charge in [0.1, 0.15) is 6.10 Å². The first-order chi connectivity index (χ1) is 6.66. The fourth-order valence-corrected chi connectivity index (χ4v) is 1.90. The monoisotopic (exact) mass is 196 g/mol. The molecule has 2 heterocycles. The Hall–Kier alpha value is -0.870. The first kappa shape index (κ1) is 9.68. The van der Waals surface area contributed by atoms with Gasteiger partial charge in [0.05, 0.1) is 18.4 Å². The van der Waals surface area contributed by atoms with E-state index in [-0.39, 0.29) is 12.0 Å². The minimum Gasteiger partial charge on any atom is -0.386 e. The topological polar surface area (TPSA) is 47.3 Å². The van der Waals surface area contributed by atoms with Crippen LogP contribution in [0.2, 0.25) is 0 Å². The molecular weight excluding hydrogens is 180 g/mol. The molecule has 0 spiro atoms. The van der Waals surface area contributed by atoms with Gasteiger partial charge in [-0.15, -0.1) is 0 Å². The average molecular weight is 196 g/mol. The van der Waals surface area contributed by atoms with Gasteiger partial charge in [0.15, 0.2) is 0 Å². The van der Waals surface area contributed by atoms with E-state index in [9.17, 15) is 5.11 Å². The molecular formula is C10H16N2O2. The van der Waals surface area contributed by atoms with E-state index < -0.39 is 6.10 Å². The van der Waals surface area contributed by atoms with Crippen molar-refractivity contribution >= 4 is 0 Å². The molecule has 1 saturated heterocycles. The lowest BCUT2D eigenvalue weighted by Crippen LogP contribution is -2.13. The Balaban J connectivity index is 2.05. The van der Waals surface area contributed by atoms with Gasteiger partial charge in [-0.25, -0.2) is 0 Å². The maximum Gasteiger partial charge on any atom is 0.103 e. The second kappa shape index (κ2) is 3.71. The van der Waals surface area contributed by atoms with Crippen LogP contribution >= 0.6 is 0 Å². The molecule has 3 atom stereocenters. The van der Waals surface area contributed by atoms with Crippen molar-refractivity contribution in [1.29, 1.82) is 0 Å². The van der Waals surface area contributed by atoms with Gasteiger partial charge >= 0.3 is 0 Å². The number of hydrogen-bond acceptors (Lipinski definition) is 3. The van der Waals surface area contributed by atoms with Gasteiger partial charge in [-0.05, 0) is 19.4 Å². The van der Waals surface area contributed by atoms with Gasteiger partial charge in [0.25, 0.3) is 0 Å². The number of ether oxygens (including phenoxy) is 1. The summed E-state index contributed by atoms with van der Waals surface area (Å²) >= 11 is 0. The summed E-state index contributed by atoms with van der Waals surface area (Å²) in [6.07, 6.45) is 2.54. The van der Waals surface area contributed by atoms with Gasteiger partial charge in [-0.3, -0.25) is 4.68 Å². The SMILES string of the molecule is CC1CC(C(O)c2ccn(C)n2)CO1. The molecule has 1 N–H and O–H groups in total. The Morgan fingerprint density at radius 1 is 1.71 bits per heavy atom. The lowest BCUT2D eigenvalue weighted by Gasteiger charge is -2.13. The number of nitrogens with zero attached hydrogens (tertiary/aromatic N) is 2. The molecule has 0 radical (unpaired) electrons. The molecule has 1 aliphatic rings. The molecule has 4 heteroatoms. The smallest absolute Gasteiger partial charge is 0.103 e. The van der Waals surface area contributed by atoms with Crippen LogP contribution in [-0.4, -0.2) is 27.6 Å². The highest BCUT2D eigenvalue weighted by Crippen LogP contribution is 2.30. The quantitative estimate of drug-likeness (QED) is 0.763. The van der Waals surface area contributed by atoms with Crippen LogP contribution in [0.25, 0.3) is 0 Å². The third-order valence-corrected chi connectivity index (χ3v) is 2.71. The summed E-state index contributed by atoms with van der Waals surface area (Å²) in [5, 5.41) is 14.2. The van der Waals surface area contributed by atoms with E-state index in [0.717, 1.165) is 12.1 Å². The van der Waals surface area contributed by atoms with Gasteiger partial charge in [0, 0.05) is 19.2 Å². The molecule has 1 fully saturated rings. The van der Waals surface area contributed by atoms with Crippen LogP contribution in [0.4, 0.5) is 0 Å². The molecule has 0 amide bonds. The van der Waals surface area contributed by atoms with Crippen LogP contribution in [0.15, 0.2) is 12.3 Å². The van der Waals surface area contributed by atoms with Crippen molar-refractivity contribution in [2.45, 2.75) is 25.6 Å². The lowest BCUT2D eigenvalue weighted by molar-refractivity contribution is 0.0777. The largest absolute Gasteiger partial charge is 0.386 e. The highest BCUT2D eigenvalue weighted by molar-refractivity contribution is 5.05. The summed E-state index contributed by atoms with van der Waals surface area (Å²) in [6, 6.07) is 1.85. The molecule has 4 nitrogen and oxygen atoms in total. The molecule has 2 rings (SSSR count). The maximum atomic E-state index is 10.00. The number of aliphatic hydroxyl groups is 1. The van der Waals surface area contributed by atoms with Crippen molar-refractivity contribution in [2.24, 2.45) is 13.0 Å². The Labute approximate surface area is 83.5 Å². The molecule has 1 aromatic rings. The summed E-state index contributed by atoms with van der Waals surface area (Å²) in [5.41, 5.74) is 0.746. The number of aromatic nitrogens is 2. The molecule has 1 aliphatic heterocycles. The Morgan fingerprint density at radius 3 is 3.00 bits per heavy atom. The van der Waals surface area contributed by atoms with Crippen molar-refractivity contribution < 1.29 is 9.84 Å². The molecule has 1 aromatic heterocycles. The van der Waals surface area contributed by atoms with Crippen LogP contribution in [-0.2, 0) is 11.8 Å². The van der Waals surface area contributed by atoms with Crippen molar-refractivity contribution in [3.63, 3.8) is 0 Å². The van der Waals surface area contributed by atoms with Crippen LogP contribution in [0.1, 0.15) is 25.1 Å². The second-order valence-corrected chi connectivity index (χ2v) is 4.00. The maximum absolute atomic E-state index is 10.00. The highest BCUT2D eigenvalue weighted by atomic mass is 16.5. The van der Waals surface area contributed by atoms with Gasteiger partial charge < -0.3 is 9.84 Å². The molecule has 0 saturated carbocycles. The standard InChI is InChI=1S/C10H16N2O2/c1-7-5-8(6-14-7)10(13)9-3-4-12(2)11-9/h3-4,7-8,10,13H,5-6H2,1-2H3. The van der Waals surface area contributed by atoms with E-state index in [0.29, 0.717) is 6.61 Å². The number of rotatable bonds is 2. The van der Waals surface area contributed by atoms with E-state index in [1.165, 1.54) is 0 Å². The molecule has 3 unspecified atom stereocenters. The van der Waals surface area contributed by atoms with Crippen molar-refractivity contribution in [3.05, 3.63) is 18.0 Å².